The van der Waals surface area contributed by atoms with Crippen LogP contribution in [-0.2, 0) is 0 Å². The van der Waals surface area contributed by atoms with Gasteiger partial charge in [-0.2, -0.15) is 0 Å². The van der Waals surface area contributed by atoms with Crippen molar-refractivity contribution in [2.45, 2.75) is 19.9 Å². The van der Waals surface area contributed by atoms with Crippen molar-refractivity contribution in [3.63, 3.8) is 0 Å². The van der Waals surface area contributed by atoms with Gasteiger partial charge in [0.2, 0.25) is 0 Å². The van der Waals surface area contributed by atoms with E-state index in [1.807, 2.05) is 30.3 Å². The number of rotatable bonds is 4. The van der Waals surface area contributed by atoms with Crippen molar-refractivity contribution >= 4 is 29.1 Å². The molecule has 1 unspecified atom stereocenters. The molecule has 5 heteroatoms. The molecule has 1 aromatic heterocycles. The van der Waals surface area contributed by atoms with E-state index in [-0.39, 0.29) is 28.2 Å². The Morgan fingerprint density at radius 1 is 1.10 bits per heavy atom. The fourth-order valence-corrected chi connectivity index (χ4v) is 2.58. The number of nitrogens with one attached hydrogen (secondary N) is 1. The Balaban J connectivity index is 2.23. The van der Waals surface area contributed by atoms with E-state index in [1.165, 1.54) is 12.1 Å². The highest BCUT2D eigenvalue weighted by Crippen LogP contribution is 2.22. The summed E-state index contributed by atoms with van der Waals surface area (Å²) in [5.41, 5.74) is 1.47. The van der Waals surface area contributed by atoms with Crippen LogP contribution in [-0.4, -0.2) is 10.9 Å². The Morgan fingerprint density at radius 3 is 2.19 bits per heavy atom. The van der Waals surface area contributed by atoms with Crippen LogP contribution in [0.1, 0.15) is 35.8 Å². The van der Waals surface area contributed by atoms with E-state index in [0.717, 1.165) is 5.56 Å². The topological polar surface area (TPSA) is 42.0 Å². The summed E-state index contributed by atoms with van der Waals surface area (Å²) in [4.78, 5) is 16.2. The van der Waals surface area contributed by atoms with Gasteiger partial charge in [0.1, 0.15) is 10.3 Å². The second-order valence-electron chi connectivity index (χ2n) is 5.11. The first kappa shape index (κ1) is 15.8. The van der Waals surface area contributed by atoms with Gasteiger partial charge in [0.05, 0.1) is 6.04 Å². The number of benzene rings is 1. The molecule has 0 aliphatic heterocycles. The smallest absolute Gasteiger partial charge is 0.251 e. The Bertz CT molecular complexity index is 609. The van der Waals surface area contributed by atoms with Crippen molar-refractivity contribution in [3.8, 4) is 0 Å². The number of halogens is 2. The monoisotopic (exact) mass is 322 g/mol. The average molecular weight is 323 g/mol. The number of hydrogen-bond acceptors (Lipinski definition) is 2. The van der Waals surface area contributed by atoms with Crippen LogP contribution in [0, 0.1) is 5.92 Å². The van der Waals surface area contributed by atoms with Crippen molar-refractivity contribution in [3.05, 3.63) is 63.9 Å². The fraction of sp³-hybridized carbons (Fsp3) is 0.250. The molecule has 110 valence electrons. The molecular weight excluding hydrogens is 307 g/mol. The number of carbonyl (C=O) groups excluding carboxylic acids is 1. The second kappa shape index (κ2) is 6.92. The van der Waals surface area contributed by atoms with E-state index < -0.39 is 0 Å². The maximum atomic E-state index is 12.4. The highest BCUT2D eigenvalue weighted by Gasteiger charge is 2.19. The minimum atomic E-state index is -0.219. The zero-order chi connectivity index (χ0) is 15.4. The highest BCUT2D eigenvalue weighted by molar-refractivity contribution is 6.33. The molecule has 0 bridgehead atoms. The summed E-state index contributed by atoms with van der Waals surface area (Å²) in [5, 5.41) is 3.42. The molecule has 1 heterocycles. The number of aromatic nitrogens is 1. The Hall–Kier alpha value is -1.58. The molecule has 0 saturated heterocycles. The first-order valence-electron chi connectivity index (χ1n) is 6.66. The van der Waals surface area contributed by atoms with Crippen LogP contribution < -0.4 is 5.32 Å². The lowest BCUT2D eigenvalue weighted by atomic mass is 9.96. The van der Waals surface area contributed by atoms with Gasteiger partial charge in [-0.3, -0.25) is 4.79 Å². The molecular formula is C16H16Cl2N2O. The Kier molecular flexibility index (Phi) is 5.21. The van der Waals surface area contributed by atoms with Gasteiger partial charge in [0, 0.05) is 5.56 Å². The molecule has 1 atom stereocenters. The summed E-state index contributed by atoms with van der Waals surface area (Å²) >= 11 is 11.7. The third-order valence-corrected chi connectivity index (χ3v) is 3.52. The summed E-state index contributed by atoms with van der Waals surface area (Å²) in [5.74, 6) is 0.0351. The van der Waals surface area contributed by atoms with E-state index in [2.05, 4.69) is 24.1 Å². The predicted molar refractivity (Wildman–Crippen MR) is 85.7 cm³/mol. The van der Waals surface area contributed by atoms with Gasteiger partial charge >= 0.3 is 0 Å². The number of hydrogen-bond donors (Lipinski definition) is 1. The maximum Gasteiger partial charge on any atom is 0.251 e. The van der Waals surface area contributed by atoms with Gasteiger partial charge < -0.3 is 5.32 Å². The molecule has 1 amide bonds. The van der Waals surface area contributed by atoms with Crippen LogP contribution in [0.5, 0.6) is 0 Å². The van der Waals surface area contributed by atoms with Crippen molar-refractivity contribution in [1.82, 2.24) is 10.3 Å². The lowest BCUT2D eigenvalue weighted by Crippen LogP contribution is -2.31. The lowest BCUT2D eigenvalue weighted by Gasteiger charge is -2.23. The molecule has 0 spiro atoms. The molecule has 2 rings (SSSR count). The molecule has 1 N–H and O–H groups in total. The SMILES string of the molecule is CC(C)C(NC(=O)c1cc(Cl)nc(Cl)c1)c1ccccc1. The molecule has 0 aliphatic rings. The summed E-state index contributed by atoms with van der Waals surface area (Å²) in [6.45, 7) is 4.12. The predicted octanol–water partition coefficient (Wildman–Crippen LogP) is 4.52. The number of nitrogens with zero attached hydrogens (tertiary/aromatic N) is 1. The molecule has 0 saturated carbocycles. The van der Waals surface area contributed by atoms with Crippen LogP contribution >= 0.6 is 23.2 Å². The normalized spacial score (nSPS) is 12.2. The van der Waals surface area contributed by atoms with Crippen LogP contribution in [0.3, 0.4) is 0 Å². The minimum Gasteiger partial charge on any atom is -0.345 e. The molecule has 21 heavy (non-hydrogen) atoms. The van der Waals surface area contributed by atoms with Crippen molar-refractivity contribution in [1.29, 1.82) is 0 Å². The summed E-state index contributed by atoms with van der Waals surface area (Å²) in [6.07, 6.45) is 0. The van der Waals surface area contributed by atoms with Gasteiger partial charge in [-0.25, -0.2) is 4.98 Å². The van der Waals surface area contributed by atoms with Gasteiger partial charge in [0.25, 0.3) is 5.91 Å². The first-order valence-corrected chi connectivity index (χ1v) is 7.42. The average Bonchev–Trinajstić information content (AvgIpc) is 2.44. The zero-order valence-corrected chi connectivity index (χ0v) is 13.3. The molecule has 2 aromatic rings. The third-order valence-electron chi connectivity index (χ3n) is 3.14. The summed E-state index contributed by atoms with van der Waals surface area (Å²) < 4.78 is 0. The van der Waals surface area contributed by atoms with Crippen molar-refractivity contribution < 1.29 is 4.79 Å². The standard InChI is InChI=1S/C16H16Cl2N2O/c1-10(2)15(11-6-4-3-5-7-11)20-16(21)12-8-13(17)19-14(18)9-12/h3-10,15H,1-2H3,(H,20,21). The summed E-state index contributed by atoms with van der Waals surface area (Å²) in [7, 11) is 0. The van der Waals surface area contributed by atoms with Gasteiger partial charge in [-0.15, -0.1) is 0 Å². The number of carbonyl (C=O) groups is 1. The quantitative estimate of drug-likeness (QED) is 0.841. The highest BCUT2D eigenvalue weighted by atomic mass is 35.5. The zero-order valence-electron chi connectivity index (χ0n) is 11.8. The summed E-state index contributed by atoms with van der Waals surface area (Å²) in [6, 6.07) is 12.8. The van der Waals surface area contributed by atoms with Gasteiger partial charge in [-0.1, -0.05) is 67.4 Å². The maximum absolute atomic E-state index is 12.4. The Morgan fingerprint density at radius 2 is 1.67 bits per heavy atom. The van der Waals surface area contributed by atoms with E-state index in [9.17, 15) is 4.79 Å². The van der Waals surface area contributed by atoms with Crippen LogP contribution in [0.25, 0.3) is 0 Å². The van der Waals surface area contributed by atoms with E-state index in [0.29, 0.717) is 5.56 Å². The lowest BCUT2D eigenvalue weighted by molar-refractivity contribution is 0.0925. The van der Waals surface area contributed by atoms with Gasteiger partial charge in [0.15, 0.2) is 0 Å². The van der Waals surface area contributed by atoms with E-state index >= 15 is 0 Å². The van der Waals surface area contributed by atoms with Crippen LogP contribution in [0.2, 0.25) is 10.3 Å². The van der Waals surface area contributed by atoms with Crippen molar-refractivity contribution in [2.75, 3.05) is 0 Å². The minimum absolute atomic E-state index is 0.0792. The number of pyridine rings is 1. The third kappa shape index (κ3) is 4.19. The Labute approximate surface area is 134 Å². The first-order chi connectivity index (χ1) is 9.97. The molecule has 0 aliphatic carbocycles. The van der Waals surface area contributed by atoms with E-state index in [4.69, 9.17) is 23.2 Å². The molecule has 0 radical (unpaired) electrons. The van der Waals surface area contributed by atoms with Crippen molar-refractivity contribution in [2.24, 2.45) is 5.92 Å². The fourth-order valence-electron chi connectivity index (χ4n) is 2.12. The van der Waals surface area contributed by atoms with Crippen LogP contribution in [0.15, 0.2) is 42.5 Å². The molecule has 3 nitrogen and oxygen atoms in total. The number of amides is 1. The molecule has 1 aromatic carbocycles. The molecule has 0 fully saturated rings. The second-order valence-corrected chi connectivity index (χ2v) is 5.88. The van der Waals surface area contributed by atoms with E-state index in [1.54, 1.807) is 0 Å². The van der Waals surface area contributed by atoms with Gasteiger partial charge in [-0.05, 0) is 23.6 Å². The largest absolute Gasteiger partial charge is 0.345 e. The van der Waals surface area contributed by atoms with Crippen LogP contribution in [0.4, 0.5) is 0 Å².